The zero-order valence-electron chi connectivity index (χ0n) is 8.64. The molecule has 0 radical (unpaired) electrons. The zero-order valence-corrected chi connectivity index (χ0v) is 10.2. The fourth-order valence-corrected chi connectivity index (χ4v) is 1.97. The second-order valence-corrected chi connectivity index (χ2v) is 6.30. The van der Waals surface area contributed by atoms with Crippen LogP contribution >= 0.6 is 15.9 Å². The van der Waals surface area contributed by atoms with Gasteiger partial charge in [-0.3, -0.25) is 4.79 Å². The van der Waals surface area contributed by atoms with E-state index in [-0.39, 0.29) is 5.91 Å². The number of nitrogens with zero attached hydrogens (tertiary/aromatic N) is 1. The van der Waals surface area contributed by atoms with Crippen molar-refractivity contribution in [3.63, 3.8) is 0 Å². The molecule has 1 atom stereocenters. The Kier molecular flexibility index (Phi) is 3.38. The predicted molar refractivity (Wildman–Crippen MR) is 58.0 cm³/mol. The number of carbonyl (C=O) groups is 1. The molecule has 1 heterocycles. The minimum atomic E-state index is -0.404. The van der Waals surface area contributed by atoms with Crippen LogP contribution in [0.2, 0.25) is 0 Å². The van der Waals surface area contributed by atoms with Crippen LogP contribution in [0, 0.1) is 0 Å². The molecular weight excluding hydrogens is 230 g/mol. The van der Waals surface area contributed by atoms with E-state index >= 15 is 0 Å². The van der Waals surface area contributed by atoms with E-state index in [2.05, 4.69) is 22.9 Å². The molecule has 0 N–H and O–H groups in total. The van der Waals surface area contributed by atoms with Crippen molar-refractivity contribution in [3.05, 3.63) is 0 Å². The first-order valence-electron chi connectivity index (χ1n) is 4.93. The molecule has 0 aromatic rings. The lowest BCUT2D eigenvalue weighted by Crippen LogP contribution is -2.48. The Balaban J connectivity index is 2.64. The molecule has 0 aromatic carbocycles. The number of likely N-dealkylation sites (tertiary alicyclic amines) is 1. The van der Waals surface area contributed by atoms with Gasteiger partial charge in [0.15, 0.2) is 0 Å². The van der Waals surface area contributed by atoms with Gasteiger partial charge in [-0.05, 0) is 40.0 Å². The quantitative estimate of drug-likeness (QED) is 0.653. The summed E-state index contributed by atoms with van der Waals surface area (Å²) in [5, 5.41) is 0. The monoisotopic (exact) mass is 247 g/mol. The van der Waals surface area contributed by atoms with Gasteiger partial charge in [0.05, 0.1) is 4.32 Å². The Morgan fingerprint density at radius 2 is 2.08 bits per heavy atom. The Labute approximate surface area is 88.8 Å². The van der Waals surface area contributed by atoms with Crippen LogP contribution in [0.15, 0.2) is 0 Å². The predicted octanol–water partition coefficient (Wildman–Crippen LogP) is 2.56. The Morgan fingerprint density at radius 3 is 2.54 bits per heavy atom. The first kappa shape index (κ1) is 11.0. The van der Waals surface area contributed by atoms with Crippen molar-refractivity contribution >= 4 is 21.8 Å². The topological polar surface area (TPSA) is 20.3 Å². The normalized spacial score (nSPS) is 24.6. The number of halogens is 1. The van der Waals surface area contributed by atoms with E-state index in [1.165, 1.54) is 6.42 Å². The molecule has 1 saturated heterocycles. The summed E-state index contributed by atoms with van der Waals surface area (Å²) in [6.07, 6.45) is 3.56. The van der Waals surface area contributed by atoms with Crippen molar-refractivity contribution < 1.29 is 4.79 Å². The minimum absolute atomic E-state index is 0.222. The molecule has 13 heavy (non-hydrogen) atoms. The van der Waals surface area contributed by atoms with Gasteiger partial charge in [-0.15, -0.1) is 0 Å². The molecule has 0 aliphatic carbocycles. The molecule has 2 nitrogen and oxygen atoms in total. The number of piperidine rings is 1. The highest BCUT2D eigenvalue weighted by Gasteiger charge is 2.32. The Morgan fingerprint density at radius 1 is 1.46 bits per heavy atom. The molecule has 1 aliphatic rings. The molecule has 76 valence electrons. The van der Waals surface area contributed by atoms with E-state index in [4.69, 9.17) is 0 Å². The highest BCUT2D eigenvalue weighted by Crippen LogP contribution is 2.24. The summed E-state index contributed by atoms with van der Waals surface area (Å²) >= 11 is 3.42. The lowest BCUT2D eigenvalue weighted by molar-refractivity contribution is -0.136. The number of alkyl halides is 1. The van der Waals surface area contributed by atoms with Gasteiger partial charge >= 0.3 is 0 Å². The van der Waals surface area contributed by atoms with Crippen LogP contribution in [0.3, 0.4) is 0 Å². The van der Waals surface area contributed by atoms with Crippen LogP contribution < -0.4 is 0 Å². The first-order valence-corrected chi connectivity index (χ1v) is 5.72. The summed E-state index contributed by atoms with van der Waals surface area (Å²) in [6, 6.07) is 0.415. The van der Waals surface area contributed by atoms with Gasteiger partial charge < -0.3 is 4.90 Å². The second-order valence-electron chi connectivity index (χ2n) is 4.32. The Bertz CT molecular complexity index is 198. The number of hydrogen-bond donors (Lipinski definition) is 0. The summed E-state index contributed by atoms with van der Waals surface area (Å²) in [4.78, 5) is 13.9. The molecule has 0 aromatic heterocycles. The highest BCUT2D eigenvalue weighted by atomic mass is 79.9. The number of carbonyl (C=O) groups excluding carboxylic acids is 1. The van der Waals surface area contributed by atoms with E-state index < -0.39 is 4.32 Å². The van der Waals surface area contributed by atoms with Gasteiger partial charge in [-0.25, -0.2) is 0 Å². The maximum Gasteiger partial charge on any atom is 0.239 e. The van der Waals surface area contributed by atoms with Crippen molar-refractivity contribution in [1.82, 2.24) is 4.90 Å². The third-order valence-corrected chi connectivity index (χ3v) is 2.91. The van der Waals surface area contributed by atoms with Crippen LogP contribution in [-0.4, -0.2) is 27.7 Å². The van der Waals surface area contributed by atoms with Gasteiger partial charge in [-0.2, -0.15) is 0 Å². The summed E-state index contributed by atoms with van der Waals surface area (Å²) in [6.45, 7) is 6.89. The zero-order chi connectivity index (χ0) is 10.1. The molecule has 3 heteroatoms. The maximum atomic E-state index is 11.9. The van der Waals surface area contributed by atoms with Crippen LogP contribution in [0.4, 0.5) is 0 Å². The average molecular weight is 248 g/mol. The number of hydrogen-bond acceptors (Lipinski definition) is 1. The molecule has 0 saturated carbocycles. The molecule has 0 spiro atoms. The van der Waals surface area contributed by atoms with E-state index in [0.29, 0.717) is 6.04 Å². The molecule has 1 amide bonds. The van der Waals surface area contributed by atoms with Crippen LogP contribution in [-0.2, 0) is 4.79 Å². The number of amides is 1. The van der Waals surface area contributed by atoms with Gasteiger partial charge in [0.1, 0.15) is 0 Å². The van der Waals surface area contributed by atoms with E-state index in [1.54, 1.807) is 0 Å². The third kappa shape index (κ3) is 2.70. The first-order chi connectivity index (χ1) is 5.93. The number of rotatable bonds is 1. The van der Waals surface area contributed by atoms with Crippen molar-refractivity contribution in [2.24, 2.45) is 0 Å². The fraction of sp³-hybridized carbons (Fsp3) is 0.900. The molecule has 1 rings (SSSR count). The summed E-state index contributed by atoms with van der Waals surface area (Å²) < 4.78 is -0.404. The van der Waals surface area contributed by atoms with Gasteiger partial charge in [-0.1, -0.05) is 15.9 Å². The summed E-state index contributed by atoms with van der Waals surface area (Å²) in [5.41, 5.74) is 0. The fourth-order valence-electron chi connectivity index (χ4n) is 1.74. The summed E-state index contributed by atoms with van der Waals surface area (Å²) in [5.74, 6) is 0.222. The lowest BCUT2D eigenvalue weighted by atomic mass is 10.0. The van der Waals surface area contributed by atoms with E-state index in [0.717, 1.165) is 19.4 Å². The second kappa shape index (κ2) is 3.99. The van der Waals surface area contributed by atoms with Crippen LogP contribution in [0.5, 0.6) is 0 Å². The van der Waals surface area contributed by atoms with E-state index in [9.17, 15) is 4.79 Å². The largest absolute Gasteiger partial charge is 0.339 e. The minimum Gasteiger partial charge on any atom is -0.339 e. The van der Waals surface area contributed by atoms with Gasteiger partial charge in [0.2, 0.25) is 5.91 Å². The highest BCUT2D eigenvalue weighted by molar-refractivity contribution is 9.10. The van der Waals surface area contributed by atoms with Crippen molar-refractivity contribution in [2.75, 3.05) is 6.54 Å². The van der Waals surface area contributed by atoms with Crippen LogP contribution in [0.1, 0.15) is 40.0 Å². The van der Waals surface area contributed by atoms with Gasteiger partial charge in [0.25, 0.3) is 0 Å². The van der Waals surface area contributed by atoms with Crippen molar-refractivity contribution in [2.45, 2.75) is 50.4 Å². The molecule has 1 aliphatic heterocycles. The van der Waals surface area contributed by atoms with Gasteiger partial charge in [0, 0.05) is 12.6 Å². The molecule has 0 unspecified atom stereocenters. The SMILES string of the molecule is C[C@@H]1CCCCN1C(=O)C(C)(C)Br. The average Bonchev–Trinajstić information content (AvgIpc) is 2.02. The standard InChI is InChI=1S/C10H18BrNO/c1-8-6-4-5-7-12(8)9(13)10(2,3)11/h8H,4-7H2,1-3H3/t8-/m1/s1. The van der Waals surface area contributed by atoms with E-state index in [1.807, 2.05) is 18.7 Å². The summed E-state index contributed by atoms with van der Waals surface area (Å²) in [7, 11) is 0. The third-order valence-electron chi connectivity index (χ3n) is 2.57. The Hall–Kier alpha value is -0.0500. The molecule has 1 fully saturated rings. The lowest BCUT2D eigenvalue weighted by Gasteiger charge is -2.36. The van der Waals surface area contributed by atoms with Crippen molar-refractivity contribution in [1.29, 1.82) is 0 Å². The van der Waals surface area contributed by atoms with Crippen LogP contribution in [0.25, 0.3) is 0 Å². The van der Waals surface area contributed by atoms with Crippen molar-refractivity contribution in [3.8, 4) is 0 Å². The molecular formula is C10H18BrNO. The smallest absolute Gasteiger partial charge is 0.239 e. The molecule has 0 bridgehead atoms. The maximum absolute atomic E-state index is 11.9.